The third kappa shape index (κ3) is 1.46. The topological polar surface area (TPSA) is 46.0 Å². The first-order chi connectivity index (χ1) is 6.70. The van der Waals surface area contributed by atoms with Crippen molar-refractivity contribution in [3.63, 3.8) is 0 Å². The number of rotatable bonds is 1. The molecule has 0 aliphatic rings. The molecule has 72 valence electrons. The third-order valence-electron chi connectivity index (χ3n) is 2.25. The maximum absolute atomic E-state index is 8.99. The van der Waals surface area contributed by atoms with E-state index in [0.29, 0.717) is 0 Å². The van der Waals surface area contributed by atoms with E-state index >= 15 is 0 Å². The summed E-state index contributed by atoms with van der Waals surface area (Å²) in [5.41, 5.74) is 2.77. The molecule has 3 nitrogen and oxygen atoms in total. The van der Waals surface area contributed by atoms with Crippen molar-refractivity contribution in [3.8, 4) is 0 Å². The Morgan fingerprint density at radius 3 is 2.71 bits per heavy atom. The van der Waals surface area contributed by atoms with Crippen molar-refractivity contribution in [2.24, 2.45) is 0 Å². The Labute approximate surface area is 82.4 Å². The fourth-order valence-electron chi connectivity index (χ4n) is 1.58. The molecule has 0 saturated heterocycles. The van der Waals surface area contributed by atoms with E-state index < -0.39 is 0 Å². The summed E-state index contributed by atoms with van der Waals surface area (Å²) in [4.78, 5) is 8.61. The highest BCUT2D eigenvalue weighted by Crippen LogP contribution is 2.16. The quantitative estimate of drug-likeness (QED) is 0.741. The summed E-state index contributed by atoms with van der Waals surface area (Å²) in [5.74, 6) is 0.769. The lowest BCUT2D eigenvalue weighted by Crippen LogP contribution is -1.94. The van der Waals surface area contributed by atoms with E-state index in [1.807, 2.05) is 32.0 Å². The second-order valence-electron chi connectivity index (χ2n) is 3.37. The smallest absolute Gasteiger partial charge is 0.126 e. The van der Waals surface area contributed by atoms with Crippen molar-refractivity contribution in [2.45, 2.75) is 20.5 Å². The summed E-state index contributed by atoms with van der Waals surface area (Å²) in [7, 11) is 0. The molecule has 0 bridgehead atoms. The Bertz CT molecular complexity index is 480. The Kier molecular flexibility index (Phi) is 2.17. The third-order valence-corrected chi connectivity index (χ3v) is 2.25. The van der Waals surface area contributed by atoms with E-state index in [9.17, 15) is 0 Å². The number of aromatic nitrogens is 2. The van der Waals surface area contributed by atoms with Gasteiger partial charge in [-0.25, -0.2) is 9.97 Å². The maximum Gasteiger partial charge on any atom is 0.126 e. The van der Waals surface area contributed by atoms with Crippen LogP contribution in [-0.2, 0) is 6.61 Å². The zero-order chi connectivity index (χ0) is 10.1. The minimum atomic E-state index is 0.0536. The largest absolute Gasteiger partial charge is 0.392 e. The van der Waals surface area contributed by atoms with Crippen molar-refractivity contribution >= 4 is 10.9 Å². The number of nitrogens with zero attached hydrogens (tertiary/aromatic N) is 2. The summed E-state index contributed by atoms with van der Waals surface area (Å²) in [6.07, 6.45) is 0. The maximum atomic E-state index is 8.99. The number of aliphatic hydroxyl groups is 1. The molecule has 1 aromatic carbocycles. The van der Waals surface area contributed by atoms with E-state index in [-0.39, 0.29) is 6.61 Å². The second-order valence-corrected chi connectivity index (χ2v) is 3.37. The van der Waals surface area contributed by atoms with Crippen LogP contribution in [0.1, 0.15) is 17.1 Å². The van der Waals surface area contributed by atoms with Crippen molar-refractivity contribution in [1.29, 1.82) is 0 Å². The lowest BCUT2D eigenvalue weighted by Gasteiger charge is -2.03. The molecule has 2 aromatic rings. The molecule has 0 amide bonds. The number of hydrogen-bond donors (Lipinski definition) is 1. The van der Waals surface area contributed by atoms with Gasteiger partial charge in [0.1, 0.15) is 5.82 Å². The Balaban J connectivity index is 2.75. The average molecular weight is 188 g/mol. The van der Waals surface area contributed by atoms with Gasteiger partial charge in [-0.1, -0.05) is 12.1 Å². The van der Waals surface area contributed by atoms with Crippen molar-refractivity contribution < 1.29 is 5.11 Å². The van der Waals surface area contributed by atoms with Gasteiger partial charge in [-0.2, -0.15) is 0 Å². The van der Waals surface area contributed by atoms with Crippen molar-refractivity contribution in [1.82, 2.24) is 9.97 Å². The summed E-state index contributed by atoms with van der Waals surface area (Å²) >= 11 is 0. The Hall–Kier alpha value is -1.48. The predicted octanol–water partition coefficient (Wildman–Crippen LogP) is 1.74. The predicted molar refractivity (Wildman–Crippen MR) is 54.9 cm³/mol. The number of hydrogen-bond acceptors (Lipinski definition) is 3. The summed E-state index contributed by atoms with van der Waals surface area (Å²) in [6, 6.07) is 5.75. The Morgan fingerprint density at radius 1 is 1.21 bits per heavy atom. The lowest BCUT2D eigenvalue weighted by molar-refractivity contribution is 0.282. The van der Waals surface area contributed by atoms with Gasteiger partial charge in [-0.3, -0.25) is 0 Å². The molecule has 0 unspecified atom stereocenters. The van der Waals surface area contributed by atoms with Gasteiger partial charge in [0.25, 0.3) is 0 Å². The van der Waals surface area contributed by atoms with Crippen LogP contribution in [0.15, 0.2) is 18.2 Å². The lowest BCUT2D eigenvalue weighted by atomic mass is 10.1. The molecule has 0 fully saturated rings. The number of aryl methyl sites for hydroxylation is 2. The van der Waals surface area contributed by atoms with Crippen molar-refractivity contribution in [3.05, 3.63) is 35.3 Å². The highest BCUT2D eigenvalue weighted by atomic mass is 16.3. The van der Waals surface area contributed by atoms with Crippen LogP contribution < -0.4 is 0 Å². The first kappa shape index (κ1) is 9.09. The highest BCUT2D eigenvalue weighted by Gasteiger charge is 2.02. The van der Waals surface area contributed by atoms with Gasteiger partial charge >= 0.3 is 0 Å². The fourth-order valence-corrected chi connectivity index (χ4v) is 1.58. The summed E-state index contributed by atoms with van der Waals surface area (Å²) in [5, 5.41) is 10.0. The molecule has 0 atom stereocenters. The van der Waals surface area contributed by atoms with Gasteiger partial charge in [0.15, 0.2) is 0 Å². The second kappa shape index (κ2) is 3.35. The van der Waals surface area contributed by atoms with Gasteiger partial charge in [-0.05, 0) is 25.5 Å². The molecule has 1 aromatic heterocycles. The SMILES string of the molecule is Cc1nc(C)c2ccc(CO)cc2n1. The molecule has 14 heavy (non-hydrogen) atoms. The molecule has 0 aliphatic carbocycles. The van der Waals surface area contributed by atoms with Crippen LogP contribution >= 0.6 is 0 Å². The van der Waals surface area contributed by atoms with Crippen LogP contribution in [0.25, 0.3) is 10.9 Å². The van der Waals surface area contributed by atoms with Crippen LogP contribution in [0.5, 0.6) is 0 Å². The monoisotopic (exact) mass is 188 g/mol. The van der Waals surface area contributed by atoms with Crippen LogP contribution in [0.4, 0.5) is 0 Å². The molecule has 0 aliphatic heterocycles. The van der Waals surface area contributed by atoms with Crippen LogP contribution in [-0.4, -0.2) is 15.1 Å². The summed E-state index contributed by atoms with van der Waals surface area (Å²) < 4.78 is 0. The minimum Gasteiger partial charge on any atom is -0.392 e. The molecular formula is C11H12N2O. The van der Waals surface area contributed by atoms with Gasteiger partial charge in [0.05, 0.1) is 12.1 Å². The summed E-state index contributed by atoms with van der Waals surface area (Å²) in [6.45, 7) is 3.89. The molecule has 0 spiro atoms. The van der Waals surface area contributed by atoms with Gasteiger partial charge in [0.2, 0.25) is 0 Å². The van der Waals surface area contributed by atoms with Crippen LogP contribution in [0, 0.1) is 13.8 Å². The fraction of sp³-hybridized carbons (Fsp3) is 0.273. The zero-order valence-electron chi connectivity index (χ0n) is 8.28. The molecular weight excluding hydrogens is 176 g/mol. The zero-order valence-corrected chi connectivity index (χ0v) is 8.28. The molecule has 0 radical (unpaired) electrons. The van der Waals surface area contributed by atoms with Gasteiger partial charge in [0, 0.05) is 11.1 Å². The minimum absolute atomic E-state index is 0.0536. The Morgan fingerprint density at radius 2 is 2.00 bits per heavy atom. The normalized spacial score (nSPS) is 10.8. The van der Waals surface area contributed by atoms with E-state index in [1.54, 1.807) is 0 Å². The van der Waals surface area contributed by atoms with E-state index in [4.69, 9.17) is 5.11 Å². The highest BCUT2D eigenvalue weighted by molar-refractivity contribution is 5.81. The van der Waals surface area contributed by atoms with Gasteiger partial charge in [-0.15, -0.1) is 0 Å². The first-order valence-corrected chi connectivity index (χ1v) is 4.55. The van der Waals surface area contributed by atoms with E-state index in [0.717, 1.165) is 28.0 Å². The molecule has 1 N–H and O–H groups in total. The molecule has 2 rings (SSSR count). The van der Waals surface area contributed by atoms with Crippen LogP contribution in [0.2, 0.25) is 0 Å². The van der Waals surface area contributed by atoms with Crippen LogP contribution in [0.3, 0.4) is 0 Å². The van der Waals surface area contributed by atoms with Crippen molar-refractivity contribution in [2.75, 3.05) is 0 Å². The molecule has 0 saturated carbocycles. The van der Waals surface area contributed by atoms with Gasteiger partial charge < -0.3 is 5.11 Å². The van der Waals surface area contributed by atoms with E-state index in [1.165, 1.54) is 0 Å². The standard InChI is InChI=1S/C11H12N2O/c1-7-10-4-3-9(6-14)5-11(10)13-8(2)12-7/h3-5,14H,6H2,1-2H3. The molecule has 3 heteroatoms. The number of fused-ring (bicyclic) bond motifs is 1. The average Bonchev–Trinajstić information content (AvgIpc) is 2.16. The number of aliphatic hydroxyl groups excluding tert-OH is 1. The first-order valence-electron chi connectivity index (χ1n) is 4.55. The molecule has 1 heterocycles. The number of benzene rings is 1. The van der Waals surface area contributed by atoms with E-state index in [2.05, 4.69) is 9.97 Å².